The van der Waals surface area contributed by atoms with E-state index in [1.807, 2.05) is 24.3 Å². The van der Waals surface area contributed by atoms with Crippen molar-refractivity contribution in [2.24, 2.45) is 0 Å². The first-order chi connectivity index (χ1) is 19.3. The van der Waals surface area contributed by atoms with E-state index in [1.165, 1.54) is 21.8 Å². The first-order valence-electron chi connectivity index (χ1n) is 13.2. The maximum Gasteiger partial charge on any atom is 0.136 e. The van der Waals surface area contributed by atoms with Gasteiger partial charge in [-0.25, -0.2) is 0 Å². The van der Waals surface area contributed by atoms with Crippen molar-refractivity contribution in [3.63, 3.8) is 0 Å². The van der Waals surface area contributed by atoms with Crippen LogP contribution in [0.1, 0.15) is 0 Å². The van der Waals surface area contributed by atoms with Gasteiger partial charge in [0.1, 0.15) is 22.3 Å². The van der Waals surface area contributed by atoms with Crippen LogP contribution < -0.4 is 0 Å². The van der Waals surface area contributed by atoms with Crippen LogP contribution in [-0.4, -0.2) is 4.57 Å². The summed E-state index contributed by atoms with van der Waals surface area (Å²) >= 11 is 0. The first-order valence-corrected chi connectivity index (χ1v) is 13.2. The Bertz CT molecular complexity index is 2380. The Labute approximate surface area is 223 Å². The molecule has 9 rings (SSSR count). The summed E-state index contributed by atoms with van der Waals surface area (Å²) in [6, 6.07) is 44.8. The number of hydrogen-bond acceptors (Lipinski definition) is 2. The third-order valence-corrected chi connectivity index (χ3v) is 8.01. The lowest BCUT2D eigenvalue weighted by Crippen LogP contribution is -1.93. The van der Waals surface area contributed by atoms with Gasteiger partial charge in [-0.3, -0.25) is 0 Å². The Balaban J connectivity index is 1.23. The first kappa shape index (κ1) is 20.7. The van der Waals surface area contributed by atoms with Crippen molar-refractivity contribution in [2.75, 3.05) is 0 Å². The molecular weight excluding hydrogens is 478 g/mol. The maximum absolute atomic E-state index is 6.22. The van der Waals surface area contributed by atoms with Gasteiger partial charge in [-0.15, -0.1) is 0 Å². The molecule has 0 aliphatic rings. The second-order valence-corrected chi connectivity index (χ2v) is 10.2. The average Bonchev–Trinajstić information content (AvgIpc) is 3.65. The molecule has 0 saturated heterocycles. The molecule has 0 fully saturated rings. The molecule has 0 bridgehead atoms. The molecule has 0 unspecified atom stereocenters. The monoisotopic (exact) mass is 499 g/mol. The molecule has 0 atom stereocenters. The van der Waals surface area contributed by atoms with Crippen LogP contribution in [-0.2, 0) is 0 Å². The van der Waals surface area contributed by atoms with Gasteiger partial charge in [0, 0.05) is 38.0 Å². The number of nitrogens with zero attached hydrogens (tertiary/aromatic N) is 1. The van der Waals surface area contributed by atoms with Crippen LogP contribution in [0.4, 0.5) is 0 Å². The quantitative estimate of drug-likeness (QED) is 0.237. The minimum absolute atomic E-state index is 0.913. The Hall–Kier alpha value is -5.28. The van der Waals surface area contributed by atoms with Crippen LogP contribution in [0.2, 0.25) is 0 Å². The van der Waals surface area contributed by atoms with Crippen LogP contribution in [0.15, 0.2) is 136 Å². The molecule has 0 amide bonds. The van der Waals surface area contributed by atoms with Gasteiger partial charge in [0.15, 0.2) is 0 Å². The van der Waals surface area contributed by atoms with Gasteiger partial charge in [0.05, 0.1) is 11.0 Å². The normalized spacial score (nSPS) is 12.1. The molecule has 182 valence electrons. The van der Waals surface area contributed by atoms with E-state index in [2.05, 4.69) is 108 Å². The number of aromatic nitrogens is 1. The Morgan fingerprint density at radius 1 is 0.359 bits per heavy atom. The summed E-state index contributed by atoms with van der Waals surface area (Å²) in [5, 5.41) is 6.99. The average molecular weight is 500 g/mol. The molecule has 3 aromatic heterocycles. The molecule has 0 N–H and O–H groups in total. The van der Waals surface area contributed by atoms with Crippen molar-refractivity contribution < 1.29 is 8.83 Å². The van der Waals surface area contributed by atoms with E-state index in [1.54, 1.807) is 0 Å². The summed E-state index contributed by atoms with van der Waals surface area (Å²) < 4.78 is 14.7. The summed E-state index contributed by atoms with van der Waals surface area (Å²) in [6.45, 7) is 0. The van der Waals surface area contributed by atoms with Crippen LogP contribution in [0.5, 0.6) is 0 Å². The topological polar surface area (TPSA) is 31.2 Å². The van der Waals surface area contributed by atoms with E-state index in [-0.39, 0.29) is 0 Å². The van der Waals surface area contributed by atoms with Gasteiger partial charge in [-0.2, -0.15) is 0 Å². The van der Waals surface area contributed by atoms with Gasteiger partial charge in [-0.05, 0) is 65.7 Å². The molecule has 6 aromatic carbocycles. The highest BCUT2D eigenvalue weighted by molar-refractivity contribution is 6.17. The number of para-hydroxylation sites is 3. The molecule has 3 heterocycles. The number of furan rings is 2. The molecular formula is C36H21NO2. The predicted molar refractivity (Wildman–Crippen MR) is 161 cm³/mol. The van der Waals surface area contributed by atoms with E-state index in [0.717, 1.165) is 60.7 Å². The van der Waals surface area contributed by atoms with Gasteiger partial charge in [0.25, 0.3) is 0 Å². The summed E-state index contributed by atoms with van der Waals surface area (Å²) in [4.78, 5) is 0. The molecule has 0 saturated carbocycles. The lowest BCUT2D eigenvalue weighted by molar-refractivity contribution is 0.669. The van der Waals surface area contributed by atoms with Crippen molar-refractivity contribution in [3.05, 3.63) is 127 Å². The van der Waals surface area contributed by atoms with Gasteiger partial charge >= 0.3 is 0 Å². The largest absolute Gasteiger partial charge is 0.456 e. The standard InChI is InChI=1S/C36H21NO2/c1-4-10-31-25(7-1)29-21-36-30(27-9-3-6-12-34(27)39-36)20-32(29)37(31)24-16-13-22(14-17-24)23-15-18-28-26-8-2-5-11-33(26)38-35(28)19-23/h1-21H. The highest BCUT2D eigenvalue weighted by Crippen LogP contribution is 2.39. The smallest absolute Gasteiger partial charge is 0.136 e. The number of rotatable bonds is 2. The van der Waals surface area contributed by atoms with E-state index in [9.17, 15) is 0 Å². The van der Waals surface area contributed by atoms with Gasteiger partial charge < -0.3 is 13.4 Å². The fraction of sp³-hybridized carbons (Fsp3) is 0. The number of benzene rings is 6. The highest BCUT2D eigenvalue weighted by atomic mass is 16.3. The Morgan fingerprint density at radius 2 is 0.949 bits per heavy atom. The molecule has 0 radical (unpaired) electrons. The molecule has 0 aliphatic carbocycles. The van der Waals surface area contributed by atoms with Crippen molar-refractivity contribution in [1.82, 2.24) is 4.57 Å². The highest BCUT2D eigenvalue weighted by Gasteiger charge is 2.16. The van der Waals surface area contributed by atoms with Crippen molar-refractivity contribution in [1.29, 1.82) is 0 Å². The molecule has 39 heavy (non-hydrogen) atoms. The minimum Gasteiger partial charge on any atom is -0.456 e. The van der Waals surface area contributed by atoms with Crippen LogP contribution >= 0.6 is 0 Å². The third kappa shape index (κ3) is 2.93. The lowest BCUT2D eigenvalue weighted by Gasteiger charge is -2.09. The van der Waals surface area contributed by atoms with Crippen molar-refractivity contribution >= 4 is 65.7 Å². The lowest BCUT2D eigenvalue weighted by atomic mass is 10.0. The van der Waals surface area contributed by atoms with Crippen LogP contribution in [0.25, 0.3) is 82.5 Å². The van der Waals surface area contributed by atoms with E-state index in [4.69, 9.17) is 8.83 Å². The van der Waals surface area contributed by atoms with Gasteiger partial charge in [-0.1, -0.05) is 72.8 Å². The minimum atomic E-state index is 0.913. The fourth-order valence-electron chi connectivity index (χ4n) is 6.17. The Kier molecular flexibility index (Phi) is 4.05. The molecule has 9 aromatic rings. The molecule has 0 spiro atoms. The summed E-state index contributed by atoms with van der Waals surface area (Å²) in [5.41, 5.74) is 9.45. The van der Waals surface area contributed by atoms with Crippen molar-refractivity contribution in [3.8, 4) is 16.8 Å². The van der Waals surface area contributed by atoms with Crippen LogP contribution in [0, 0.1) is 0 Å². The fourth-order valence-corrected chi connectivity index (χ4v) is 6.17. The predicted octanol–water partition coefficient (Wildman–Crippen LogP) is 10.2. The van der Waals surface area contributed by atoms with Gasteiger partial charge in [0.2, 0.25) is 0 Å². The summed E-state index contributed by atoms with van der Waals surface area (Å²) in [7, 11) is 0. The zero-order valence-corrected chi connectivity index (χ0v) is 20.9. The van der Waals surface area contributed by atoms with E-state index in [0.29, 0.717) is 0 Å². The maximum atomic E-state index is 6.22. The number of fused-ring (bicyclic) bond motifs is 9. The van der Waals surface area contributed by atoms with Crippen LogP contribution in [0.3, 0.4) is 0 Å². The summed E-state index contributed by atoms with van der Waals surface area (Å²) in [5.74, 6) is 0. The third-order valence-electron chi connectivity index (χ3n) is 8.01. The Morgan fingerprint density at radius 3 is 1.72 bits per heavy atom. The molecule has 3 nitrogen and oxygen atoms in total. The number of hydrogen-bond donors (Lipinski definition) is 0. The van der Waals surface area contributed by atoms with E-state index >= 15 is 0 Å². The SMILES string of the molecule is c1ccc2c(c1)oc1cc(-c3ccc(-n4c5ccccc5c5cc6oc7ccccc7c6cc54)cc3)ccc12. The van der Waals surface area contributed by atoms with Crippen molar-refractivity contribution in [2.45, 2.75) is 0 Å². The van der Waals surface area contributed by atoms with E-state index < -0.39 is 0 Å². The zero-order chi connectivity index (χ0) is 25.5. The second kappa shape index (κ2) is 7.62. The second-order valence-electron chi connectivity index (χ2n) is 10.2. The zero-order valence-electron chi connectivity index (χ0n) is 20.9. The molecule has 0 aliphatic heterocycles. The molecule has 3 heteroatoms. The summed E-state index contributed by atoms with van der Waals surface area (Å²) in [6.07, 6.45) is 0.